The number of hydrogen-bond acceptors (Lipinski definition) is 4. The molecule has 1 aromatic carbocycles. The number of nitrogens with zero attached hydrogens (tertiary/aromatic N) is 1. The molecule has 3 N–H and O–H groups in total. The highest BCUT2D eigenvalue weighted by molar-refractivity contribution is 9.10. The minimum atomic E-state index is -3.75. The molecule has 1 amide bonds. The summed E-state index contributed by atoms with van der Waals surface area (Å²) in [6, 6.07) is 4.43. The Morgan fingerprint density at radius 3 is 2.57 bits per heavy atom. The second kappa shape index (κ2) is 7.24. The van der Waals surface area contributed by atoms with Gasteiger partial charge in [0.25, 0.3) is 0 Å². The number of carbonyl (C=O) groups excluding carboxylic acids is 1. The van der Waals surface area contributed by atoms with Gasteiger partial charge in [0.2, 0.25) is 15.9 Å². The van der Waals surface area contributed by atoms with Crippen LogP contribution in [0.15, 0.2) is 27.6 Å². The Labute approximate surface area is 133 Å². The Morgan fingerprint density at radius 1 is 1.43 bits per heavy atom. The lowest BCUT2D eigenvalue weighted by atomic mass is 10.2. The van der Waals surface area contributed by atoms with Crippen LogP contribution in [-0.4, -0.2) is 38.8 Å². The maximum atomic E-state index is 12.4. The molecule has 0 saturated heterocycles. The number of likely N-dealkylation sites (N-methyl/N-ethyl adjacent to an activating group) is 1. The van der Waals surface area contributed by atoms with Gasteiger partial charge in [-0.2, -0.15) is 4.31 Å². The van der Waals surface area contributed by atoms with Crippen molar-refractivity contribution >= 4 is 37.5 Å². The molecule has 0 spiro atoms. The zero-order valence-electron chi connectivity index (χ0n) is 12.3. The summed E-state index contributed by atoms with van der Waals surface area (Å²) < 4.78 is 26.2. The Balaban J connectivity index is 2.85. The van der Waals surface area contributed by atoms with Crippen LogP contribution in [0.5, 0.6) is 0 Å². The first-order chi connectivity index (χ1) is 9.64. The number of hydrogen-bond donors (Lipinski definition) is 2. The van der Waals surface area contributed by atoms with Crippen LogP contribution in [-0.2, 0) is 14.8 Å². The third kappa shape index (κ3) is 4.98. The third-order valence-electron chi connectivity index (χ3n) is 2.72. The first kappa shape index (κ1) is 17.9. The van der Waals surface area contributed by atoms with Gasteiger partial charge in [0.15, 0.2) is 0 Å². The average molecular weight is 378 g/mol. The monoisotopic (exact) mass is 377 g/mol. The van der Waals surface area contributed by atoms with E-state index in [-0.39, 0.29) is 17.3 Å². The van der Waals surface area contributed by atoms with Crippen molar-refractivity contribution in [3.05, 3.63) is 22.7 Å². The Hall–Kier alpha value is -1.12. The summed E-state index contributed by atoms with van der Waals surface area (Å²) in [5.74, 6) is -0.0246. The van der Waals surface area contributed by atoms with Crippen molar-refractivity contribution < 1.29 is 13.2 Å². The average Bonchev–Trinajstić information content (AvgIpc) is 2.35. The topological polar surface area (TPSA) is 92.5 Å². The van der Waals surface area contributed by atoms with E-state index in [1.54, 1.807) is 0 Å². The highest BCUT2D eigenvalue weighted by Gasteiger charge is 2.25. The van der Waals surface area contributed by atoms with Crippen molar-refractivity contribution in [2.45, 2.75) is 18.7 Å². The molecule has 0 aliphatic carbocycles. The number of benzene rings is 1. The molecule has 0 heterocycles. The maximum Gasteiger partial charge on any atom is 0.244 e. The summed E-state index contributed by atoms with van der Waals surface area (Å²) >= 11 is 3.18. The fraction of sp³-hybridized carbons (Fsp3) is 0.462. The summed E-state index contributed by atoms with van der Waals surface area (Å²) in [4.78, 5) is 11.8. The molecule has 0 bridgehead atoms. The van der Waals surface area contributed by atoms with Gasteiger partial charge < -0.3 is 11.1 Å². The molecule has 0 fully saturated rings. The van der Waals surface area contributed by atoms with Gasteiger partial charge in [-0.15, -0.1) is 0 Å². The highest BCUT2D eigenvalue weighted by atomic mass is 79.9. The number of nitrogen functional groups attached to an aromatic ring is 1. The fourth-order valence-corrected chi connectivity index (χ4v) is 3.73. The lowest BCUT2D eigenvalue weighted by molar-refractivity contribution is -0.121. The molecular weight excluding hydrogens is 358 g/mol. The van der Waals surface area contributed by atoms with Crippen LogP contribution in [0.3, 0.4) is 0 Å². The van der Waals surface area contributed by atoms with E-state index >= 15 is 0 Å². The molecule has 21 heavy (non-hydrogen) atoms. The molecule has 1 aromatic rings. The number of anilines is 1. The molecular formula is C13H20BrN3O3S. The fourth-order valence-electron chi connectivity index (χ4n) is 1.56. The second-order valence-corrected chi connectivity index (χ2v) is 8.02. The van der Waals surface area contributed by atoms with Crippen LogP contribution in [0, 0.1) is 5.92 Å². The van der Waals surface area contributed by atoms with Crippen LogP contribution >= 0.6 is 15.9 Å². The normalized spacial score (nSPS) is 11.9. The van der Waals surface area contributed by atoms with Crippen molar-refractivity contribution in [1.29, 1.82) is 0 Å². The third-order valence-corrected chi connectivity index (χ3v) is 5.50. The van der Waals surface area contributed by atoms with E-state index in [0.717, 1.165) is 4.31 Å². The summed E-state index contributed by atoms with van der Waals surface area (Å²) in [5.41, 5.74) is 6.05. The predicted molar refractivity (Wildman–Crippen MR) is 86.2 cm³/mol. The van der Waals surface area contributed by atoms with Crippen molar-refractivity contribution in [3.63, 3.8) is 0 Å². The number of amides is 1. The molecule has 0 atom stereocenters. The quantitative estimate of drug-likeness (QED) is 0.733. The number of rotatable bonds is 6. The van der Waals surface area contributed by atoms with Gasteiger partial charge >= 0.3 is 0 Å². The van der Waals surface area contributed by atoms with Crippen molar-refractivity contribution in [2.75, 3.05) is 25.9 Å². The molecule has 6 nitrogen and oxygen atoms in total. The van der Waals surface area contributed by atoms with E-state index in [1.165, 1.54) is 25.2 Å². The zero-order valence-corrected chi connectivity index (χ0v) is 14.7. The number of nitrogens with one attached hydrogen (secondary N) is 1. The smallest absolute Gasteiger partial charge is 0.244 e. The molecule has 0 radical (unpaired) electrons. The first-order valence-corrected chi connectivity index (χ1v) is 8.66. The highest BCUT2D eigenvalue weighted by Crippen LogP contribution is 2.26. The number of nitrogens with two attached hydrogens (primary N) is 1. The van der Waals surface area contributed by atoms with Gasteiger partial charge in [0.1, 0.15) is 0 Å². The SMILES string of the molecule is CC(C)CNC(=O)CN(C)S(=O)(=O)c1ccc(N)cc1Br. The minimum absolute atomic E-state index is 0.0795. The maximum absolute atomic E-state index is 12.4. The van der Waals surface area contributed by atoms with Crippen LogP contribution in [0.4, 0.5) is 5.69 Å². The van der Waals surface area contributed by atoms with Gasteiger partial charge in [-0.25, -0.2) is 8.42 Å². The molecule has 0 saturated carbocycles. The minimum Gasteiger partial charge on any atom is -0.399 e. The molecule has 0 aromatic heterocycles. The second-order valence-electron chi connectivity index (χ2n) is 5.15. The Bertz CT molecular complexity index is 617. The Kier molecular flexibility index (Phi) is 6.18. The van der Waals surface area contributed by atoms with Crippen molar-refractivity contribution in [1.82, 2.24) is 9.62 Å². The van der Waals surface area contributed by atoms with Gasteiger partial charge in [-0.05, 0) is 40.0 Å². The Morgan fingerprint density at radius 2 is 2.05 bits per heavy atom. The van der Waals surface area contributed by atoms with Crippen LogP contribution < -0.4 is 11.1 Å². The van der Waals surface area contributed by atoms with Gasteiger partial charge in [0, 0.05) is 23.8 Å². The lowest BCUT2D eigenvalue weighted by Crippen LogP contribution is -2.39. The number of halogens is 1. The van der Waals surface area contributed by atoms with Gasteiger partial charge in [-0.3, -0.25) is 4.79 Å². The molecule has 118 valence electrons. The predicted octanol–water partition coefficient (Wildman–Crippen LogP) is 1.42. The first-order valence-electron chi connectivity index (χ1n) is 6.42. The lowest BCUT2D eigenvalue weighted by Gasteiger charge is -2.18. The standard InChI is InChI=1S/C13H20BrN3O3S/c1-9(2)7-16-13(18)8-17(3)21(19,20)12-5-4-10(15)6-11(12)14/h4-6,9H,7-8,15H2,1-3H3,(H,16,18). The van der Waals surface area contributed by atoms with Gasteiger partial charge in [0.05, 0.1) is 11.4 Å². The van der Waals surface area contributed by atoms with E-state index in [4.69, 9.17) is 5.73 Å². The van der Waals surface area contributed by atoms with E-state index in [0.29, 0.717) is 22.6 Å². The summed E-state index contributed by atoms with van der Waals surface area (Å²) in [5, 5.41) is 2.68. The van der Waals surface area contributed by atoms with E-state index in [1.807, 2.05) is 13.8 Å². The molecule has 1 rings (SSSR count). The summed E-state index contributed by atoms with van der Waals surface area (Å²) in [7, 11) is -2.38. The van der Waals surface area contributed by atoms with Crippen molar-refractivity contribution in [2.24, 2.45) is 5.92 Å². The van der Waals surface area contributed by atoms with Crippen LogP contribution in [0.2, 0.25) is 0 Å². The molecule has 0 unspecified atom stereocenters. The van der Waals surface area contributed by atoms with E-state index < -0.39 is 10.0 Å². The zero-order chi connectivity index (χ0) is 16.2. The molecule has 0 aliphatic rings. The van der Waals surface area contributed by atoms with E-state index in [9.17, 15) is 13.2 Å². The van der Waals surface area contributed by atoms with E-state index in [2.05, 4.69) is 21.2 Å². The van der Waals surface area contributed by atoms with Crippen LogP contribution in [0.25, 0.3) is 0 Å². The van der Waals surface area contributed by atoms with Gasteiger partial charge in [-0.1, -0.05) is 13.8 Å². The summed E-state index contributed by atoms with van der Waals surface area (Å²) in [6.45, 7) is 4.21. The largest absolute Gasteiger partial charge is 0.399 e. The number of sulfonamides is 1. The number of carbonyl (C=O) groups is 1. The van der Waals surface area contributed by atoms with Crippen LogP contribution in [0.1, 0.15) is 13.8 Å². The molecule has 8 heteroatoms. The summed E-state index contributed by atoms with van der Waals surface area (Å²) in [6.07, 6.45) is 0. The molecule has 0 aliphatic heterocycles. The van der Waals surface area contributed by atoms with Crippen molar-refractivity contribution in [3.8, 4) is 0 Å².